The molecule has 0 atom stereocenters. The van der Waals surface area contributed by atoms with Crippen molar-refractivity contribution in [3.8, 4) is 0 Å². The standard InChI is InChI=1S/C17H16N4O3S/c1-4-8-21-13-6-5-11(16(23)24-3)10-14(13)25-17(21)18-15(22)12-7-9-20(2)19-12/h4-7,9-10H,1,8H2,2-3H3. The van der Waals surface area contributed by atoms with Crippen LogP contribution in [0.15, 0.2) is 48.1 Å². The van der Waals surface area contributed by atoms with Crippen LogP contribution in [0.1, 0.15) is 20.8 Å². The molecule has 8 heteroatoms. The minimum absolute atomic E-state index is 0.278. The summed E-state index contributed by atoms with van der Waals surface area (Å²) in [6.45, 7) is 4.24. The van der Waals surface area contributed by atoms with E-state index in [0.717, 1.165) is 10.2 Å². The minimum Gasteiger partial charge on any atom is -0.465 e. The number of esters is 1. The Morgan fingerprint density at radius 1 is 1.40 bits per heavy atom. The van der Waals surface area contributed by atoms with Gasteiger partial charge in [0.2, 0.25) is 0 Å². The maximum atomic E-state index is 12.3. The van der Waals surface area contributed by atoms with Crippen LogP contribution in [0, 0.1) is 0 Å². The Hall–Kier alpha value is -3.00. The normalized spacial score (nSPS) is 11.7. The van der Waals surface area contributed by atoms with Crippen LogP contribution in [0.3, 0.4) is 0 Å². The number of carbonyl (C=O) groups is 2. The van der Waals surface area contributed by atoms with E-state index < -0.39 is 11.9 Å². The fourth-order valence-corrected chi connectivity index (χ4v) is 3.46. The molecule has 25 heavy (non-hydrogen) atoms. The number of carbonyl (C=O) groups excluding carboxylic acids is 2. The number of methoxy groups -OCH3 is 1. The van der Waals surface area contributed by atoms with Crippen LogP contribution in [0.2, 0.25) is 0 Å². The van der Waals surface area contributed by atoms with E-state index in [1.165, 1.54) is 18.4 Å². The largest absolute Gasteiger partial charge is 0.465 e. The lowest BCUT2D eigenvalue weighted by Gasteiger charge is -2.02. The van der Waals surface area contributed by atoms with Crippen molar-refractivity contribution >= 4 is 33.4 Å². The highest BCUT2D eigenvalue weighted by Gasteiger charge is 2.13. The van der Waals surface area contributed by atoms with Crippen LogP contribution >= 0.6 is 11.3 Å². The van der Waals surface area contributed by atoms with Crippen molar-refractivity contribution in [3.05, 3.63) is 59.2 Å². The minimum atomic E-state index is -0.418. The summed E-state index contributed by atoms with van der Waals surface area (Å²) in [6, 6.07) is 6.85. The molecule has 1 aromatic carbocycles. The number of hydrogen-bond acceptors (Lipinski definition) is 5. The third-order valence-corrected chi connectivity index (χ3v) is 4.59. The zero-order valence-corrected chi connectivity index (χ0v) is 14.6. The Balaban J connectivity index is 2.14. The number of thiazole rings is 1. The highest BCUT2D eigenvalue weighted by Crippen LogP contribution is 2.20. The zero-order valence-electron chi connectivity index (χ0n) is 13.8. The molecule has 1 amide bonds. The lowest BCUT2D eigenvalue weighted by atomic mass is 10.2. The summed E-state index contributed by atoms with van der Waals surface area (Å²) < 4.78 is 9.00. The molecule has 0 aliphatic carbocycles. The average molecular weight is 356 g/mol. The molecule has 0 fully saturated rings. The van der Waals surface area contributed by atoms with Crippen molar-refractivity contribution in [2.75, 3.05) is 7.11 Å². The molecule has 0 spiro atoms. The number of amides is 1. The van der Waals surface area contributed by atoms with Crippen LogP contribution in [-0.2, 0) is 18.3 Å². The molecule has 2 heterocycles. The van der Waals surface area contributed by atoms with Gasteiger partial charge in [-0.3, -0.25) is 9.48 Å². The third kappa shape index (κ3) is 3.29. The van der Waals surface area contributed by atoms with E-state index in [1.807, 2.05) is 10.6 Å². The maximum absolute atomic E-state index is 12.3. The molecule has 0 radical (unpaired) electrons. The second-order valence-corrected chi connectivity index (χ2v) is 6.26. The number of rotatable bonds is 4. The SMILES string of the molecule is C=CCn1c(=NC(=O)c2ccn(C)n2)sc2cc(C(=O)OC)ccc21. The lowest BCUT2D eigenvalue weighted by molar-refractivity contribution is 0.0601. The van der Waals surface area contributed by atoms with Gasteiger partial charge in [-0.15, -0.1) is 6.58 Å². The van der Waals surface area contributed by atoms with Gasteiger partial charge in [-0.2, -0.15) is 10.1 Å². The molecule has 0 aliphatic rings. The van der Waals surface area contributed by atoms with Crippen molar-refractivity contribution < 1.29 is 14.3 Å². The van der Waals surface area contributed by atoms with Crippen molar-refractivity contribution in [1.29, 1.82) is 0 Å². The fourth-order valence-electron chi connectivity index (χ4n) is 2.38. The lowest BCUT2D eigenvalue weighted by Crippen LogP contribution is -2.16. The molecule has 0 bridgehead atoms. The van der Waals surface area contributed by atoms with Gasteiger partial charge >= 0.3 is 5.97 Å². The van der Waals surface area contributed by atoms with Gasteiger partial charge in [0.25, 0.3) is 5.91 Å². The molecule has 0 saturated heterocycles. The van der Waals surface area contributed by atoms with Gasteiger partial charge in [-0.1, -0.05) is 17.4 Å². The topological polar surface area (TPSA) is 78.5 Å². The number of allylic oxidation sites excluding steroid dienone is 1. The molecule has 3 rings (SSSR count). The quantitative estimate of drug-likeness (QED) is 0.530. The second-order valence-electron chi connectivity index (χ2n) is 5.25. The molecule has 3 aromatic rings. The van der Waals surface area contributed by atoms with E-state index in [1.54, 1.807) is 42.2 Å². The molecule has 7 nitrogen and oxygen atoms in total. The molecule has 0 N–H and O–H groups in total. The Bertz CT molecular complexity index is 1040. The second kappa shape index (κ2) is 6.86. The number of ether oxygens (including phenoxy) is 1. The Morgan fingerprint density at radius 3 is 2.84 bits per heavy atom. The maximum Gasteiger partial charge on any atom is 0.337 e. The van der Waals surface area contributed by atoms with Crippen LogP contribution in [0.5, 0.6) is 0 Å². The van der Waals surface area contributed by atoms with Crippen LogP contribution in [0.4, 0.5) is 0 Å². The van der Waals surface area contributed by atoms with E-state index >= 15 is 0 Å². The Morgan fingerprint density at radius 2 is 2.20 bits per heavy atom. The average Bonchev–Trinajstić information content (AvgIpc) is 3.18. The first kappa shape index (κ1) is 16.8. The fraction of sp³-hybridized carbons (Fsp3) is 0.176. The smallest absolute Gasteiger partial charge is 0.337 e. The summed E-state index contributed by atoms with van der Waals surface area (Å²) in [6.07, 6.45) is 3.42. The van der Waals surface area contributed by atoms with Crippen LogP contribution in [-0.4, -0.2) is 33.3 Å². The Labute approximate surface area is 147 Å². The molecule has 2 aromatic heterocycles. The molecule has 0 unspecified atom stereocenters. The third-order valence-electron chi connectivity index (χ3n) is 3.55. The predicted octanol–water partition coefficient (Wildman–Crippen LogP) is 2.15. The van der Waals surface area contributed by atoms with Crippen molar-refractivity contribution in [2.45, 2.75) is 6.54 Å². The Kier molecular flexibility index (Phi) is 4.62. The van der Waals surface area contributed by atoms with Gasteiger partial charge in [0.15, 0.2) is 10.5 Å². The first-order valence-corrected chi connectivity index (χ1v) is 8.26. The summed E-state index contributed by atoms with van der Waals surface area (Å²) >= 11 is 1.32. The van der Waals surface area contributed by atoms with E-state index in [0.29, 0.717) is 16.9 Å². The zero-order chi connectivity index (χ0) is 18.0. The number of fused-ring (bicyclic) bond motifs is 1. The molecule has 0 aliphatic heterocycles. The number of aromatic nitrogens is 3. The van der Waals surface area contributed by atoms with Crippen LogP contribution < -0.4 is 4.80 Å². The first-order chi connectivity index (χ1) is 12.0. The van der Waals surface area contributed by atoms with Gasteiger partial charge in [0, 0.05) is 19.8 Å². The van der Waals surface area contributed by atoms with E-state index in [9.17, 15) is 9.59 Å². The predicted molar refractivity (Wildman–Crippen MR) is 94.5 cm³/mol. The molecular formula is C17H16N4O3S. The summed E-state index contributed by atoms with van der Waals surface area (Å²) in [5, 5.41) is 4.07. The van der Waals surface area contributed by atoms with Gasteiger partial charge in [-0.05, 0) is 24.3 Å². The summed E-state index contributed by atoms with van der Waals surface area (Å²) in [4.78, 5) is 28.8. The van der Waals surface area contributed by atoms with Crippen LogP contribution in [0.25, 0.3) is 10.2 Å². The van der Waals surface area contributed by atoms with Gasteiger partial charge in [0.05, 0.1) is 22.9 Å². The molecular weight excluding hydrogens is 340 g/mol. The van der Waals surface area contributed by atoms with E-state index in [2.05, 4.69) is 16.7 Å². The number of nitrogens with zero attached hydrogens (tertiary/aromatic N) is 4. The van der Waals surface area contributed by atoms with Crippen molar-refractivity contribution in [2.24, 2.45) is 12.0 Å². The summed E-state index contributed by atoms with van der Waals surface area (Å²) in [5.74, 6) is -0.827. The summed E-state index contributed by atoms with van der Waals surface area (Å²) in [7, 11) is 3.08. The number of benzene rings is 1. The number of hydrogen-bond donors (Lipinski definition) is 0. The first-order valence-electron chi connectivity index (χ1n) is 7.45. The van der Waals surface area contributed by atoms with Crippen molar-refractivity contribution in [1.82, 2.24) is 14.3 Å². The number of aryl methyl sites for hydroxylation is 1. The van der Waals surface area contributed by atoms with E-state index in [4.69, 9.17) is 4.74 Å². The monoisotopic (exact) mass is 356 g/mol. The van der Waals surface area contributed by atoms with Gasteiger partial charge in [0.1, 0.15) is 0 Å². The highest BCUT2D eigenvalue weighted by molar-refractivity contribution is 7.16. The molecule has 0 saturated carbocycles. The van der Waals surface area contributed by atoms with E-state index in [-0.39, 0.29) is 5.69 Å². The van der Waals surface area contributed by atoms with Crippen molar-refractivity contribution in [3.63, 3.8) is 0 Å². The summed E-state index contributed by atoms with van der Waals surface area (Å²) in [5.41, 5.74) is 1.59. The van der Waals surface area contributed by atoms with Gasteiger partial charge < -0.3 is 9.30 Å². The molecule has 128 valence electrons. The van der Waals surface area contributed by atoms with Gasteiger partial charge in [-0.25, -0.2) is 4.79 Å². The highest BCUT2D eigenvalue weighted by atomic mass is 32.1.